The molecular weight excluding hydrogens is 244 g/mol. The number of pyridine rings is 1. The molecule has 0 saturated carbocycles. The van der Waals surface area contributed by atoms with E-state index in [0.717, 1.165) is 16.7 Å². The quantitative estimate of drug-likeness (QED) is 0.668. The molecule has 98 valence electrons. The van der Waals surface area contributed by atoms with E-state index in [0.29, 0.717) is 11.4 Å². The molecule has 1 heterocycles. The van der Waals surface area contributed by atoms with Crippen LogP contribution in [0.1, 0.15) is 5.56 Å². The summed E-state index contributed by atoms with van der Waals surface area (Å²) in [6.45, 7) is 0.235. The third kappa shape index (κ3) is 2.92. The number of amides is 1. The predicted molar refractivity (Wildman–Crippen MR) is 73.4 cm³/mol. The van der Waals surface area contributed by atoms with Crippen molar-refractivity contribution < 1.29 is 9.90 Å². The molecule has 6 N–H and O–H groups in total. The fourth-order valence-corrected chi connectivity index (χ4v) is 1.74. The van der Waals surface area contributed by atoms with Crippen LogP contribution in [-0.4, -0.2) is 16.2 Å². The number of benzene rings is 1. The van der Waals surface area contributed by atoms with Crippen LogP contribution in [0.25, 0.3) is 11.1 Å². The molecule has 0 aliphatic rings. The first kappa shape index (κ1) is 12.7. The van der Waals surface area contributed by atoms with Crippen LogP contribution in [0.4, 0.5) is 16.2 Å². The number of hydrogen-bond acceptors (Lipinski definition) is 4. The average Bonchev–Trinajstić information content (AvgIpc) is 2.40. The molecule has 6 nitrogen and oxygen atoms in total. The van der Waals surface area contributed by atoms with Crippen molar-refractivity contribution in [1.82, 2.24) is 10.3 Å². The fourth-order valence-electron chi connectivity index (χ4n) is 1.74. The average molecular weight is 258 g/mol. The Balaban J connectivity index is 2.32. The summed E-state index contributed by atoms with van der Waals surface area (Å²) >= 11 is 0. The van der Waals surface area contributed by atoms with Gasteiger partial charge in [0.15, 0.2) is 0 Å². The zero-order valence-electron chi connectivity index (χ0n) is 10.1. The Labute approximate surface area is 110 Å². The number of rotatable bonds is 3. The van der Waals surface area contributed by atoms with Gasteiger partial charge in [-0.2, -0.15) is 0 Å². The number of nitrogens with one attached hydrogen (secondary N) is 1. The number of carbonyl (C=O) groups is 1. The minimum absolute atomic E-state index is 0.235. The van der Waals surface area contributed by atoms with Gasteiger partial charge in [-0.1, -0.05) is 18.2 Å². The van der Waals surface area contributed by atoms with Crippen molar-refractivity contribution in [3.05, 3.63) is 42.2 Å². The standard InChI is InChI=1S/C13H14N4O2/c14-11-7-16-6-10(12(11)15)9-3-1-2-8(4-9)5-17-13(18)19/h1-4,6-7,17H,5,14H2,(H2,15,16)(H,18,19). The summed E-state index contributed by atoms with van der Waals surface area (Å²) < 4.78 is 0. The van der Waals surface area contributed by atoms with Crippen molar-refractivity contribution in [2.45, 2.75) is 6.54 Å². The summed E-state index contributed by atoms with van der Waals surface area (Å²) in [5.74, 6) is 0. The van der Waals surface area contributed by atoms with Gasteiger partial charge in [-0.05, 0) is 17.2 Å². The lowest BCUT2D eigenvalue weighted by molar-refractivity contribution is 0.194. The van der Waals surface area contributed by atoms with E-state index in [-0.39, 0.29) is 6.54 Å². The van der Waals surface area contributed by atoms with E-state index in [4.69, 9.17) is 16.6 Å². The molecule has 0 atom stereocenters. The van der Waals surface area contributed by atoms with Gasteiger partial charge in [-0.25, -0.2) is 4.79 Å². The highest BCUT2D eigenvalue weighted by Crippen LogP contribution is 2.29. The zero-order valence-corrected chi connectivity index (χ0v) is 10.1. The maximum absolute atomic E-state index is 10.5. The Hall–Kier alpha value is -2.76. The second kappa shape index (κ2) is 5.26. The molecule has 0 aliphatic heterocycles. The van der Waals surface area contributed by atoms with Gasteiger partial charge in [0.2, 0.25) is 0 Å². The summed E-state index contributed by atoms with van der Waals surface area (Å²) in [5.41, 5.74) is 14.9. The number of anilines is 2. The van der Waals surface area contributed by atoms with Crippen LogP contribution in [0.15, 0.2) is 36.7 Å². The Kier molecular flexibility index (Phi) is 3.51. The van der Waals surface area contributed by atoms with Crippen LogP contribution in [0, 0.1) is 0 Å². The topological polar surface area (TPSA) is 114 Å². The van der Waals surface area contributed by atoms with E-state index in [9.17, 15) is 4.79 Å². The molecule has 1 aromatic carbocycles. The number of hydrogen-bond donors (Lipinski definition) is 4. The van der Waals surface area contributed by atoms with Crippen LogP contribution in [0.5, 0.6) is 0 Å². The second-order valence-electron chi connectivity index (χ2n) is 4.05. The molecule has 0 spiro atoms. The van der Waals surface area contributed by atoms with Crippen LogP contribution in [0.2, 0.25) is 0 Å². The Morgan fingerprint density at radius 2 is 2.11 bits per heavy atom. The molecule has 2 aromatic rings. The molecule has 0 saturated heterocycles. The van der Waals surface area contributed by atoms with Crippen molar-refractivity contribution in [2.24, 2.45) is 0 Å². The van der Waals surface area contributed by atoms with Crippen molar-refractivity contribution in [3.63, 3.8) is 0 Å². The molecule has 0 radical (unpaired) electrons. The predicted octanol–water partition coefficient (Wildman–Crippen LogP) is 1.68. The molecule has 1 amide bonds. The number of nitrogen functional groups attached to an aromatic ring is 2. The molecule has 19 heavy (non-hydrogen) atoms. The Morgan fingerprint density at radius 3 is 2.84 bits per heavy atom. The van der Waals surface area contributed by atoms with Gasteiger partial charge in [-0.3, -0.25) is 4.98 Å². The van der Waals surface area contributed by atoms with Crippen LogP contribution < -0.4 is 16.8 Å². The Morgan fingerprint density at radius 1 is 1.32 bits per heavy atom. The number of nitrogens with two attached hydrogens (primary N) is 2. The summed E-state index contributed by atoms with van der Waals surface area (Å²) in [4.78, 5) is 14.5. The van der Waals surface area contributed by atoms with Crippen LogP contribution in [-0.2, 0) is 6.54 Å². The first-order chi connectivity index (χ1) is 9.08. The minimum atomic E-state index is -1.06. The monoisotopic (exact) mass is 258 g/mol. The Bertz CT molecular complexity index is 613. The van der Waals surface area contributed by atoms with Crippen LogP contribution >= 0.6 is 0 Å². The molecule has 0 unspecified atom stereocenters. The fraction of sp³-hybridized carbons (Fsp3) is 0.0769. The summed E-state index contributed by atoms with van der Waals surface area (Å²) in [5, 5.41) is 10.9. The van der Waals surface area contributed by atoms with Gasteiger partial charge in [0.25, 0.3) is 0 Å². The van der Waals surface area contributed by atoms with Gasteiger partial charge in [-0.15, -0.1) is 0 Å². The maximum Gasteiger partial charge on any atom is 0.404 e. The van der Waals surface area contributed by atoms with Crippen molar-refractivity contribution in [3.8, 4) is 11.1 Å². The van der Waals surface area contributed by atoms with Crippen molar-refractivity contribution in [2.75, 3.05) is 11.5 Å². The van der Waals surface area contributed by atoms with Gasteiger partial charge in [0.05, 0.1) is 17.6 Å². The maximum atomic E-state index is 10.5. The SMILES string of the molecule is Nc1cncc(-c2cccc(CNC(=O)O)c2)c1N. The normalized spacial score (nSPS) is 10.1. The van der Waals surface area contributed by atoms with Crippen molar-refractivity contribution >= 4 is 17.5 Å². The molecular formula is C13H14N4O2. The smallest absolute Gasteiger partial charge is 0.404 e. The van der Waals surface area contributed by atoms with Gasteiger partial charge in [0, 0.05) is 18.3 Å². The third-order valence-electron chi connectivity index (χ3n) is 2.70. The first-order valence-electron chi connectivity index (χ1n) is 5.63. The molecule has 1 aromatic heterocycles. The number of aromatic nitrogens is 1. The lowest BCUT2D eigenvalue weighted by atomic mass is 10.0. The summed E-state index contributed by atoms with van der Waals surface area (Å²) in [6.07, 6.45) is 2.07. The van der Waals surface area contributed by atoms with Crippen molar-refractivity contribution in [1.29, 1.82) is 0 Å². The van der Waals surface area contributed by atoms with E-state index < -0.39 is 6.09 Å². The zero-order chi connectivity index (χ0) is 13.8. The highest BCUT2D eigenvalue weighted by Gasteiger charge is 2.06. The molecule has 0 bridgehead atoms. The van der Waals surface area contributed by atoms with E-state index in [1.807, 2.05) is 24.3 Å². The minimum Gasteiger partial charge on any atom is -0.465 e. The largest absolute Gasteiger partial charge is 0.465 e. The third-order valence-corrected chi connectivity index (χ3v) is 2.70. The highest BCUT2D eigenvalue weighted by molar-refractivity contribution is 5.83. The number of nitrogens with zero attached hydrogens (tertiary/aromatic N) is 1. The van der Waals surface area contributed by atoms with Gasteiger partial charge < -0.3 is 21.9 Å². The molecule has 6 heteroatoms. The molecule has 2 rings (SSSR count). The second-order valence-corrected chi connectivity index (χ2v) is 4.05. The summed E-state index contributed by atoms with van der Waals surface area (Å²) in [6, 6.07) is 7.38. The molecule has 0 fully saturated rings. The first-order valence-corrected chi connectivity index (χ1v) is 5.63. The van der Waals surface area contributed by atoms with E-state index in [1.54, 1.807) is 6.20 Å². The van der Waals surface area contributed by atoms with E-state index in [1.165, 1.54) is 6.20 Å². The van der Waals surface area contributed by atoms with Crippen LogP contribution in [0.3, 0.4) is 0 Å². The lowest BCUT2D eigenvalue weighted by Gasteiger charge is -2.09. The van der Waals surface area contributed by atoms with Gasteiger partial charge >= 0.3 is 6.09 Å². The highest BCUT2D eigenvalue weighted by atomic mass is 16.4. The van der Waals surface area contributed by atoms with E-state index in [2.05, 4.69) is 10.3 Å². The van der Waals surface area contributed by atoms with E-state index >= 15 is 0 Å². The number of carboxylic acid groups (broad SMARTS) is 1. The summed E-state index contributed by atoms with van der Waals surface area (Å²) in [7, 11) is 0. The van der Waals surface area contributed by atoms with Gasteiger partial charge in [0.1, 0.15) is 0 Å². The molecule has 0 aliphatic carbocycles. The lowest BCUT2D eigenvalue weighted by Crippen LogP contribution is -2.19.